The molecule has 1 saturated heterocycles. The zero-order valence-electron chi connectivity index (χ0n) is 15.5. The van der Waals surface area contributed by atoms with Gasteiger partial charge in [0.1, 0.15) is 5.60 Å². The molecule has 1 fully saturated rings. The van der Waals surface area contributed by atoms with Crippen molar-refractivity contribution in [3.8, 4) is 0 Å². The van der Waals surface area contributed by atoms with Gasteiger partial charge in [0, 0.05) is 12.0 Å². The molecule has 136 valence electrons. The van der Waals surface area contributed by atoms with E-state index in [0.717, 1.165) is 48.3 Å². The third kappa shape index (κ3) is 2.47. The fourth-order valence-corrected chi connectivity index (χ4v) is 5.00. The van der Waals surface area contributed by atoms with E-state index in [4.69, 9.17) is 14.8 Å². The number of rotatable bonds is 1. The molecular weight excluding hydrogens is 344 g/mol. The molecule has 2 aliphatic rings. The van der Waals surface area contributed by atoms with Gasteiger partial charge in [0.2, 0.25) is 10.1 Å². The molecule has 5 nitrogen and oxygen atoms in total. The molecular formula is C20H24N4OS. The maximum atomic E-state index is 6.34. The Morgan fingerprint density at radius 1 is 1.23 bits per heavy atom. The van der Waals surface area contributed by atoms with Crippen LogP contribution in [0.2, 0.25) is 0 Å². The van der Waals surface area contributed by atoms with Crippen molar-refractivity contribution in [2.45, 2.75) is 44.6 Å². The number of aromatic nitrogens is 3. The third-order valence-corrected chi connectivity index (χ3v) is 6.55. The lowest BCUT2D eigenvalue weighted by molar-refractivity contribution is -0.0592. The van der Waals surface area contributed by atoms with Crippen LogP contribution in [-0.2, 0) is 22.2 Å². The van der Waals surface area contributed by atoms with Crippen molar-refractivity contribution in [1.82, 2.24) is 14.6 Å². The predicted molar refractivity (Wildman–Crippen MR) is 104 cm³/mol. The second-order valence-electron chi connectivity index (χ2n) is 8.41. The van der Waals surface area contributed by atoms with Crippen molar-refractivity contribution < 1.29 is 4.74 Å². The van der Waals surface area contributed by atoms with Crippen LogP contribution in [0.1, 0.15) is 44.0 Å². The second-order valence-corrected chi connectivity index (χ2v) is 9.34. The van der Waals surface area contributed by atoms with Crippen molar-refractivity contribution >= 4 is 21.4 Å². The van der Waals surface area contributed by atoms with Crippen LogP contribution in [-0.4, -0.2) is 34.3 Å². The van der Waals surface area contributed by atoms with Gasteiger partial charge in [-0.1, -0.05) is 56.4 Å². The van der Waals surface area contributed by atoms with Crippen molar-refractivity contribution in [3.63, 3.8) is 0 Å². The Kier molecular flexibility index (Phi) is 3.46. The van der Waals surface area contributed by atoms with Gasteiger partial charge >= 0.3 is 0 Å². The highest BCUT2D eigenvalue weighted by molar-refractivity contribution is 7.20. The number of hydrogen-bond donors (Lipinski definition) is 0. The number of imidazole rings is 1. The molecule has 0 amide bonds. The van der Waals surface area contributed by atoms with Gasteiger partial charge in [-0.3, -0.25) is 0 Å². The first-order valence-electron chi connectivity index (χ1n) is 9.29. The molecule has 0 N–H and O–H groups in total. The molecule has 3 heterocycles. The molecule has 1 unspecified atom stereocenters. The van der Waals surface area contributed by atoms with E-state index in [2.05, 4.69) is 56.1 Å². The minimum atomic E-state index is -0.181. The van der Waals surface area contributed by atoms with Gasteiger partial charge in [0.25, 0.3) is 0 Å². The Hall–Kier alpha value is -1.92. The van der Waals surface area contributed by atoms with Crippen LogP contribution in [0.4, 0.5) is 5.13 Å². The Morgan fingerprint density at radius 3 is 2.88 bits per heavy atom. The zero-order valence-corrected chi connectivity index (χ0v) is 16.3. The molecule has 1 spiro atoms. The topological polar surface area (TPSA) is 42.7 Å². The van der Waals surface area contributed by atoms with Gasteiger partial charge in [0.05, 0.1) is 25.0 Å². The van der Waals surface area contributed by atoms with Crippen molar-refractivity contribution in [2.75, 3.05) is 24.6 Å². The van der Waals surface area contributed by atoms with Crippen LogP contribution in [0, 0.1) is 0 Å². The lowest BCUT2D eigenvalue weighted by Crippen LogP contribution is -2.49. The summed E-state index contributed by atoms with van der Waals surface area (Å²) in [5.41, 5.74) is 3.74. The van der Waals surface area contributed by atoms with Gasteiger partial charge in [-0.15, -0.1) is 5.10 Å². The quantitative estimate of drug-likeness (QED) is 0.656. The van der Waals surface area contributed by atoms with Gasteiger partial charge in [-0.25, -0.2) is 9.50 Å². The molecule has 1 aromatic carbocycles. The molecule has 6 heteroatoms. The smallest absolute Gasteiger partial charge is 0.214 e. The Bertz CT molecular complexity index is 934. The first-order valence-corrected chi connectivity index (χ1v) is 10.1. The summed E-state index contributed by atoms with van der Waals surface area (Å²) in [6.07, 6.45) is 4.22. The standard InChI is InChI=1S/C20H24N4OS/c1-19(2,3)16-12-24-17(21-16)26-18(22-24)23-10-11-25-20(13-23)9-8-14-6-4-5-7-15(14)20/h4-7,12H,8-11,13H2,1-3H3. The fraction of sp³-hybridized carbons (Fsp3) is 0.500. The SMILES string of the molecule is CC(C)(C)c1cn2nc(N3CCOC4(CCc5ccccc54)C3)sc2n1. The summed E-state index contributed by atoms with van der Waals surface area (Å²) in [5.74, 6) is 0. The normalized spacial score (nSPS) is 23.1. The lowest BCUT2D eigenvalue weighted by atomic mass is 9.93. The van der Waals surface area contributed by atoms with Crippen molar-refractivity contribution in [2.24, 2.45) is 0 Å². The summed E-state index contributed by atoms with van der Waals surface area (Å²) in [4.78, 5) is 8.13. The van der Waals surface area contributed by atoms with E-state index < -0.39 is 0 Å². The molecule has 0 bridgehead atoms. The number of morpholine rings is 1. The minimum absolute atomic E-state index is 0.0458. The average Bonchev–Trinajstić information content (AvgIpc) is 3.27. The van der Waals surface area contributed by atoms with Gasteiger partial charge in [-0.05, 0) is 24.0 Å². The summed E-state index contributed by atoms with van der Waals surface area (Å²) in [7, 11) is 0. The molecule has 3 aromatic rings. The summed E-state index contributed by atoms with van der Waals surface area (Å²) >= 11 is 1.68. The van der Waals surface area contributed by atoms with Crippen LogP contribution in [0.25, 0.3) is 4.96 Å². The average molecular weight is 369 g/mol. The molecule has 0 saturated carbocycles. The number of benzene rings is 1. The maximum absolute atomic E-state index is 6.34. The molecule has 1 aliphatic heterocycles. The zero-order chi connectivity index (χ0) is 17.9. The van der Waals surface area contributed by atoms with E-state index in [0.29, 0.717) is 0 Å². The number of anilines is 1. The summed E-state index contributed by atoms with van der Waals surface area (Å²) in [5, 5.41) is 5.87. The van der Waals surface area contributed by atoms with Crippen molar-refractivity contribution in [3.05, 3.63) is 47.3 Å². The molecule has 2 aromatic heterocycles. The van der Waals surface area contributed by atoms with E-state index in [-0.39, 0.29) is 11.0 Å². The van der Waals surface area contributed by atoms with Crippen LogP contribution in [0.5, 0.6) is 0 Å². The van der Waals surface area contributed by atoms with E-state index in [9.17, 15) is 0 Å². The highest BCUT2D eigenvalue weighted by Gasteiger charge is 2.44. The minimum Gasteiger partial charge on any atom is -0.367 e. The molecule has 5 rings (SSSR count). The lowest BCUT2D eigenvalue weighted by Gasteiger charge is -2.41. The first-order chi connectivity index (χ1) is 12.4. The summed E-state index contributed by atoms with van der Waals surface area (Å²) in [6.45, 7) is 9.04. The fourth-order valence-electron chi connectivity index (χ4n) is 4.09. The molecule has 0 radical (unpaired) electrons. The first kappa shape index (κ1) is 16.3. The number of nitrogens with zero attached hydrogens (tertiary/aromatic N) is 4. The maximum Gasteiger partial charge on any atom is 0.214 e. The molecule has 1 aliphatic carbocycles. The Labute approximate surface area is 157 Å². The highest BCUT2D eigenvalue weighted by atomic mass is 32.1. The Morgan fingerprint density at radius 2 is 2.08 bits per heavy atom. The van der Waals surface area contributed by atoms with Crippen LogP contribution >= 0.6 is 11.3 Å². The molecule has 1 atom stereocenters. The summed E-state index contributed by atoms with van der Waals surface area (Å²) < 4.78 is 8.27. The monoisotopic (exact) mass is 368 g/mol. The molecule has 26 heavy (non-hydrogen) atoms. The van der Waals surface area contributed by atoms with Gasteiger partial charge in [0.15, 0.2) is 0 Å². The Balaban J connectivity index is 1.46. The summed E-state index contributed by atoms with van der Waals surface area (Å²) in [6, 6.07) is 8.72. The largest absolute Gasteiger partial charge is 0.367 e. The number of ether oxygens (including phenoxy) is 1. The van der Waals surface area contributed by atoms with Crippen molar-refractivity contribution in [1.29, 1.82) is 0 Å². The van der Waals surface area contributed by atoms with E-state index in [1.54, 1.807) is 11.3 Å². The van der Waals surface area contributed by atoms with Crippen LogP contribution in [0.3, 0.4) is 0 Å². The van der Waals surface area contributed by atoms with E-state index in [1.807, 2.05) is 4.52 Å². The highest BCUT2D eigenvalue weighted by Crippen LogP contribution is 2.43. The number of hydrogen-bond acceptors (Lipinski definition) is 5. The predicted octanol–water partition coefficient (Wildman–Crippen LogP) is 3.77. The van der Waals surface area contributed by atoms with E-state index in [1.165, 1.54) is 11.1 Å². The van der Waals surface area contributed by atoms with Gasteiger partial charge in [-0.2, -0.15) is 0 Å². The third-order valence-electron chi connectivity index (χ3n) is 5.56. The van der Waals surface area contributed by atoms with Crippen LogP contribution in [0.15, 0.2) is 30.5 Å². The number of fused-ring (bicyclic) bond motifs is 3. The van der Waals surface area contributed by atoms with Crippen LogP contribution < -0.4 is 4.90 Å². The second kappa shape index (κ2) is 5.54. The van der Waals surface area contributed by atoms with E-state index >= 15 is 0 Å². The number of aryl methyl sites for hydroxylation is 1. The van der Waals surface area contributed by atoms with Gasteiger partial charge < -0.3 is 9.64 Å².